The number of carbonyl (C=O) groups excluding carboxylic acids is 1. The Morgan fingerprint density at radius 1 is 1.13 bits per heavy atom. The first-order chi connectivity index (χ1) is 11.1. The van der Waals surface area contributed by atoms with Gasteiger partial charge < -0.3 is 19.5 Å². The number of carbonyl (C=O) groups is 1. The predicted octanol–water partition coefficient (Wildman–Crippen LogP) is 1.86. The van der Waals surface area contributed by atoms with E-state index in [2.05, 4.69) is 10.4 Å². The first-order valence-corrected chi connectivity index (χ1v) is 7.24. The monoisotopic (exact) mass is 319 g/mol. The highest BCUT2D eigenvalue weighted by molar-refractivity contribution is 5.98. The molecule has 0 atom stereocenters. The smallest absolute Gasteiger partial charge is 0.255 e. The lowest BCUT2D eigenvalue weighted by molar-refractivity contribution is 0.0946. The van der Waals surface area contributed by atoms with E-state index in [1.807, 2.05) is 19.2 Å². The zero-order valence-electron chi connectivity index (χ0n) is 13.8. The Bertz CT molecular complexity index is 682. The van der Waals surface area contributed by atoms with Crippen molar-refractivity contribution in [3.05, 3.63) is 35.7 Å². The maximum Gasteiger partial charge on any atom is 0.255 e. The fourth-order valence-electron chi connectivity index (χ4n) is 2.22. The van der Waals surface area contributed by atoms with Gasteiger partial charge in [-0.3, -0.25) is 9.48 Å². The lowest BCUT2D eigenvalue weighted by Gasteiger charge is -2.15. The third kappa shape index (κ3) is 3.56. The van der Waals surface area contributed by atoms with Crippen LogP contribution in [0.1, 0.15) is 23.0 Å². The number of benzene rings is 1. The number of nitrogens with one attached hydrogen (secondary N) is 1. The van der Waals surface area contributed by atoms with Crippen LogP contribution in [0.2, 0.25) is 0 Å². The Labute approximate surface area is 135 Å². The first-order valence-electron chi connectivity index (χ1n) is 7.24. The second kappa shape index (κ2) is 7.53. The van der Waals surface area contributed by atoms with Gasteiger partial charge in [-0.15, -0.1) is 0 Å². The molecule has 0 saturated heterocycles. The van der Waals surface area contributed by atoms with Crippen LogP contribution in [-0.2, 0) is 13.1 Å². The minimum Gasteiger partial charge on any atom is -0.493 e. The zero-order chi connectivity index (χ0) is 16.8. The van der Waals surface area contributed by atoms with Crippen LogP contribution in [0.4, 0.5) is 0 Å². The number of hydrogen-bond donors (Lipinski definition) is 1. The van der Waals surface area contributed by atoms with Gasteiger partial charge in [0.05, 0.1) is 39.1 Å². The van der Waals surface area contributed by atoms with Crippen LogP contribution in [0, 0.1) is 0 Å². The van der Waals surface area contributed by atoms with Gasteiger partial charge in [0.25, 0.3) is 5.91 Å². The van der Waals surface area contributed by atoms with Gasteiger partial charge in [0, 0.05) is 12.7 Å². The quantitative estimate of drug-likeness (QED) is 0.843. The van der Waals surface area contributed by atoms with Crippen LogP contribution in [0.3, 0.4) is 0 Å². The minimum absolute atomic E-state index is 0.270. The summed E-state index contributed by atoms with van der Waals surface area (Å²) >= 11 is 0. The van der Waals surface area contributed by atoms with Crippen LogP contribution < -0.4 is 19.5 Å². The molecule has 0 aliphatic heterocycles. The molecule has 124 valence electrons. The second-order valence-corrected chi connectivity index (χ2v) is 4.73. The molecule has 0 saturated carbocycles. The Balaban J connectivity index is 2.18. The van der Waals surface area contributed by atoms with Crippen molar-refractivity contribution in [1.82, 2.24) is 15.1 Å². The molecule has 0 spiro atoms. The van der Waals surface area contributed by atoms with Crippen LogP contribution in [-0.4, -0.2) is 37.0 Å². The van der Waals surface area contributed by atoms with Gasteiger partial charge in [-0.1, -0.05) is 0 Å². The fraction of sp³-hybridized carbons (Fsp3) is 0.375. The molecule has 1 amide bonds. The topological polar surface area (TPSA) is 74.6 Å². The third-order valence-corrected chi connectivity index (χ3v) is 3.40. The summed E-state index contributed by atoms with van der Waals surface area (Å²) in [7, 11) is 4.51. The summed E-state index contributed by atoms with van der Waals surface area (Å²) in [5.74, 6) is 0.956. The number of nitrogens with zero attached hydrogens (tertiary/aromatic N) is 2. The van der Waals surface area contributed by atoms with E-state index in [4.69, 9.17) is 14.2 Å². The van der Waals surface area contributed by atoms with Crippen LogP contribution in [0.25, 0.3) is 0 Å². The van der Waals surface area contributed by atoms with Crippen molar-refractivity contribution in [2.45, 2.75) is 20.0 Å². The molecule has 2 rings (SSSR count). The Morgan fingerprint density at radius 2 is 1.87 bits per heavy atom. The zero-order valence-corrected chi connectivity index (χ0v) is 13.8. The Hall–Kier alpha value is -2.70. The highest BCUT2D eigenvalue weighted by Crippen LogP contribution is 2.39. The van der Waals surface area contributed by atoms with E-state index in [0.717, 1.165) is 12.2 Å². The molecular weight excluding hydrogens is 298 g/mol. The SMILES string of the molecule is CCn1ccc(CNC(=O)c2ccc(OC)c(OC)c2OC)n1. The summed E-state index contributed by atoms with van der Waals surface area (Å²) in [5.41, 5.74) is 1.17. The normalized spacial score (nSPS) is 10.3. The van der Waals surface area contributed by atoms with E-state index < -0.39 is 0 Å². The van der Waals surface area contributed by atoms with Crippen molar-refractivity contribution in [2.75, 3.05) is 21.3 Å². The van der Waals surface area contributed by atoms with E-state index >= 15 is 0 Å². The van der Waals surface area contributed by atoms with E-state index in [9.17, 15) is 4.79 Å². The third-order valence-electron chi connectivity index (χ3n) is 3.40. The maximum absolute atomic E-state index is 12.4. The molecule has 0 fully saturated rings. The summed E-state index contributed by atoms with van der Waals surface area (Å²) in [4.78, 5) is 12.4. The van der Waals surface area contributed by atoms with Gasteiger partial charge in [-0.05, 0) is 25.1 Å². The van der Waals surface area contributed by atoms with Crippen molar-refractivity contribution in [3.63, 3.8) is 0 Å². The molecule has 0 unspecified atom stereocenters. The summed E-state index contributed by atoms with van der Waals surface area (Å²) in [6.45, 7) is 3.13. The highest BCUT2D eigenvalue weighted by atomic mass is 16.5. The second-order valence-electron chi connectivity index (χ2n) is 4.73. The molecule has 7 nitrogen and oxygen atoms in total. The molecular formula is C16H21N3O4. The average Bonchev–Trinajstić information content (AvgIpc) is 3.06. The number of aryl methyl sites for hydroxylation is 1. The summed E-state index contributed by atoms with van der Waals surface area (Å²) < 4.78 is 17.6. The van der Waals surface area contributed by atoms with Crippen molar-refractivity contribution < 1.29 is 19.0 Å². The molecule has 7 heteroatoms. The molecule has 0 radical (unpaired) electrons. The van der Waals surface area contributed by atoms with E-state index in [1.54, 1.807) is 16.8 Å². The lowest BCUT2D eigenvalue weighted by Crippen LogP contribution is -2.24. The Morgan fingerprint density at radius 3 is 2.43 bits per heavy atom. The van der Waals surface area contributed by atoms with E-state index in [-0.39, 0.29) is 5.91 Å². The number of hydrogen-bond acceptors (Lipinski definition) is 5. The molecule has 1 aromatic carbocycles. The number of ether oxygens (including phenoxy) is 3. The van der Waals surface area contributed by atoms with Crippen LogP contribution in [0.15, 0.2) is 24.4 Å². The summed E-state index contributed by atoms with van der Waals surface area (Å²) in [6, 6.07) is 5.18. The molecule has 1 heterocycles. The fourth-order valence-corrected chi connectivity index (χ4v) is 2.22. The van der Waals surface area contributed by atoms with E-state index in [1.165, 1.54) is 21.3 Å². The van der Waals surface area contributed by atoms with Gasteiger partial charge in [-0.2, -0.15) is 5.10 Å². The molecule has 23 heavy (non-hydrogen) atoms. The largest absolute Gasteiger partial charge is 0.493 e. The first kappa shape index (κ1) is 16.7. The van der Waals surface area contributed by atoms with Gasteiger partial charge in [0.2, 0.25) is 5.75 Å². The predicted molar refractivity (Wildman–Crippen MR) is 85.2 cm³/mol. The summed E-state index contributed by atoms with van der Waals surface area (Å²) in [5, 5.41) is 7.15. The van der Waals surface area contributed by atoms with Crippen molar-refractivity contribution in [2.24, 2.45) is 0 Å². The van der Waals surface area contributed by atoms with Gasteiger partial charge in [0.1, 0.15) is 0 Å². The summed E-state index contributed by atoms with van der Waals surface area (Å²) in [6.07, 6.45) is 1.87. The van der Waals surface area contributed by atoms with Crippen molar-refractivity contribution in [3.8, 4) is 17.2 Å². The minimum atomic E-state index is -0.270. The number of methoxy groups -OCH3 is 3. The van der Waals surface area contributed by atoms with Crippen LogP contribution >= 0.6 is 0 Å². The lowest BCUT2D eigenvalue weighted by atomic mass is 10.1. The highest BCUT2D eigenvalue weighted by Gasteiger charge is 2.20. The van der Waals surface area contributed by atoms with Gasteiger partial charge in [-0.25, -0.2) is 0 Å². The molecule has 2 aromatic rings. The number of amides is 1. The molecule has 1 N–H and O–H groups in total. The molecule has 1 aromatic heterocycles. The van der Waals surface area contributed by atoms with E-state index in [0.29, 0.717) is 29.4 Å². The van der Waals surface area contributed by atoms with Crippen molar-refractivity contribution in [1.29, 1.82) is 0 Å². The van der Waals surface area contributed by atoms with Crippen molar-refractivity contribution >= 4 is 5.91 Å². The molecule has 0 aliphatic rings. The van der Waals surface area contributed by atoms with Crippen LogP contribution in [0.5, 0.6) is 17.2 Å². The van der Waals surface area contributed by atoms with Gasteiger partial charge >= 0.3 is 0 Å². The number of aromatic nitrogens is 2. The number of rotatable bonds is 7. The molecule has 0 aliphatic carbocycles. The Kier molecular flexibility index (Phi) is 5.46. The average molecular weight is 319 g/mol. The standard InChI is InChI=1S/C16H21N3O4/c1-5-19-9-8-11(18-19)10-17-16(20)12-6-7-13(21-2)15(23-4)14(12)22-3/h6-9H,5,10H2,1-4H3,(H,17,20). The molecule has 0 bridgehead atoms. The maximum atomic E-state index is 12.4. The van der Waals surface area contributed by atoms with Gasteiger partial charge in [0.15, 0.2) is 11.5 Å².